The van der Waals surface area contributed by atoms with Crippen LogP contribution in [0.1, 0.15) is 0 Å². The lowest BCUT2D eigenvalue weighted by Gasteiger charge is -2.33. The Balaban J connectivity index is 1.84. The van der Waals surface area contributed by atoms with Gasteiger partial charge in [-0.3, -0.25) is 4.90 Å². The van der Waals surface area contributed by atoms with Gasteiger partial charge < -0.3 is 4.90 Å². The van der Waals surface area contributed by atoms with Crippen molar-refractivity contribution in [3.63, 3.8) is 0 Å². The average Bonchev–Trinajstić information content (AvgIpc) is 2.72. The molecular formula is C8H13BrN4S. The zero-order valence-corrected chi connectivity index (χ0v) is 10.3. The fourth-order valence-electron chi connectivity index (χ4n) is 1.59. The molecule has 2 rings (SSSR count). The minimum Gasteiger partial charge on any atom is -0.344 e. The van der Waals surface area contributed by atoms with Crippen LogP contribution in [-0.4, -0.2) is 52.3 Å². The summed E-state index contributed by atoms with van der Waals surface area (Å²) in [6.45, 7) is 5.55. The van der Waals surface area contributed by atoms with Crippen molar-refractivity contribution in [2.24, 2.45) is 0 Å². The quantitative estimate of drug-likeness (QED) is 0.773. The third-order valence-electron chi connectivity index (χ3n) is 2.39. The lowest BCUT2D eigenvalue weighted by molar-refractivity contribution is 0.274. The summed E-state index contributed by atoms with van der Waals surface area (Å²) in [5, 5.41) is 2.12. The summed E-state index contributed by atoms with van der Waals surface area (Å²) in [4.78, 5) is 8.99. The van der Waals surface area contributed by atoms with Gasteiger partial charge in [-0.05, 0) is 0 Å². The molecule has 0 bridgehead atoms. The standard InChI is InChI=1S/C8H13BrN4S/c9-1-2-12-3-5-13(6-4-12)8-10-7-11-14-8/h7H,1-6H2. The molecule has 0 spiro atoms. The van der Waals surface area contributed by atoms with Gasteiger partial charge in [0, 0.05) is 49.6 Å². The molecule has 4 nitrogen and oxygen atoms in total. The van der Waals surface area contributed by atoms with Gasteiger partial charge in [0.2, 0.25) is 5.13 Å². The van der Waals surface area contributed by atoms with E-state index in [2.05, 4.69) is 35.1 Å². The predicted octanol–water partition coefficient (Wildman–Crippen LogP) is 1.06. The van der Waals surface area contributed by atoms with Gasteiger partial charge in [0.1, 0.15) is 6.33 Å². The first-order chi connectivity index (χ1) is 6.90. The second-order valence-corrected chi connectivity index (χ2v) is 4.79. The highest BCUT2D eigenvalue weighted by atomic mass is 79.9. The van der Waals surface area contributed by atoms with Crippen LogP contribution in [0, 0.1) is 0 Å². The van der Waals surface area contributed by atoms with Gasteiger partial charge in [-0.25, -0.2) is 4.98 Å². The summed E-state index contributed by atoms with van der Waals surface area (Å²) in [6.07, 6.45) is 1.63. The van der Waals surface area contributed by atoms with Crippen LogP contribution < -0.4 is 4.90 Å². The third-order valence-corrected chi connectivity index (χ3v) is 3.47. The molecule has 1 aliphatic heterocycles. The molecule has 0 aliphatic carbocycles. The summed E-state index contributed by atoms with van der Waals surface area (Å²) in [6, 6.07) is 0. The molecule has 6 heteroatoms. The van der Waals surface area contributed by atoms with Gasteiger partial charge in [0.15, 0.2) is 0 Å². The Morgan fingerprint density at radius 1 is 1.36 bits per heavy atom. The highest BCUT2D eigenvalue weighted by Crippen LogP contribution is 2.16. The summed E-state index contributed by atoms with van der Waals surface area (Å²) < 4.78 is 4.02. The first kappa shape index (κ1) is 10.3. The second-order valence-electron chi connectivity index (χ2n) is 3.24. The molecule has 0 N–H and O–H groups in total. The fraction of sp³-hybridized carbons (Fsp3) is 0.750. The van der Waals surface area contributed by atoms with Crippen LogP contribution in [0.5, 0.6) is 0 Å². The van der Waals surface area contributed by atoms with Crippen molar-refractivity contribution in [1.82, 2.24) is 14.3 Å². The normalized spacial score (nSPS) is 18.8. The van der Waals surface area contributed by atoms with Crippen molar-refractivity contribution in [1.29, 1.82) is 0 Å². The maximum Gasteiger partial charge on any atom is 0.205 e. The number of aromatic nitrogens is 2. The molecule has 1 aromatic heterocycles. The van der Waals surface area contributed by atoms with E-state index in [0.29, 0.717) is 0 Å². The number of alkyl halides is 1. The molecule has 0 saturated carbocycles. The monoisotopic (exact) mass is 276 g/mol. The van der Waals surface area contributed by atoms with Crippen molar-refractivity contribution in [2.45, 2.75) is 0 Å². The molecule has 1 aromatic rings. The molecule has 78 valence electrons. The lowest BCUT2D eigenvalue weighted by Crippen LogP contribution is -2.46. The Labute approximate surface area is 96.2 Å². The van der Waals surface area contributed by atoms with Crippen molar-refractivity contribution in [3.8, 4) is 0 Å². The van der Waals surface area contributed by atoms with E-state index in [0.717, 1.165) is 43.2 Å². The van der Waals surface area contributed by atoms with Crippen LogP contribution in [0.4, 0.5) is 5.13 Å². The van der Waals surface area contributed by atoms with E-state index in [4.69, 9.17) is 0 Å². The number of rotatable bonds is 3. The molecule has 14 heavy (non-hydrogen) atoms. The number of nitrogens with zero attached hydrogens (tertiary/aromatic N) is 4. The van der Waals surface area contributed by atoms with Crippen molar-refractivity contribution >= 4 is 32.6 Å². The van der Waals surface area contributed by atoms with Gasteiger partial charge in [-0.1, -0.05) is 15.9 Å². The average molecular weight is 277 g/mol. The predicted molar refractivity (Wildman–Crippen MR) is 62.4 cm³/mol. The van der Waals surface area contributed by atoms with E-state index in [-0.39, 0.29) is 0 Å². The number of hydrogen-bond acceptors (Lipinski definition) is 5. The largest absolute Gasteiger partial charge is 0.344 e. The van der Waals surface area contributed by atoms with Crippen molar-refractivity contribution in [3.05, 3.63) is 6.33 Å². The number of anilines is 1. The SMILES string of the molecule is BrCCN1CCN(c2ncns2)CC1. The molecule has 0 unspecified atom stereocenters. The highest BCUT2D eigenvalue weighted by Gasteiger charge is 2.17. The van der Waals surface area contributed by atoms with E-state index < -0.39 is 0 Å². The van der Waals surface area contributed by atoms with E-state index >= 15 is 0 Å². The Morgan fingerprint density at radius 3 is 2.71 bits per heavy atom. The Bertz CT molecular complexity index is 258. The van der Waals surface area contributed by atoms with Gasteiger partial charge in [0.25, 0.3) is 0 Å². The summed E-state index contributed by atoms with van der Waals surface area (Å²) in [7, 11) is 0. The van der Waals surface area contributed by atoms with E-state index in [1.54, 1.807) is 6.33 Å². The molecule has 2 heterocycles. The zero-order chi connectivity index (χ0) is 9.80. The maximum atomic E-state index is 4.22. The Morgan fingerprint density at radius 2 is 2.14 bits per heavy atom. The summed E-state index contributed by atoms with van der Waals surface area (Å²) in [5.41, 5.74) is 0. The van der Waals surface area contributed by atoms with Crippen LogP contribution >= 0.6 is 27.5 Å². The number of halogens is 1. The third kappa shape index (κ3) is 2.43. The fourth-order valence-corrected chi connectivity index (χ4v) is 2.67. The first-order valence-corrected chi connectivity index (χ1v) is 6.59. The zero-order valence-electron chi connectivity index (χ0n) is 7.90. The van der Waals surface area contributed by atoms with Crippen LogP contribution in [0.15, 0.2) is 6.33 Å². The molecule has 0 amide bonds. The highest BCUT2D eigenvalue weighted by molar-refractivity contribution is 9.09. The molecular weight excluding hydrogens is 264 g/mol. The number of hydrogen-bond donors (Lipinski definition) is 0. The number of piperazine rings is 1. The van der Waals surface area contributed by atoms with Gasteiger partial charge in [0.05, 0.1) is 0 Å². The Hall–Kier alpha value is -0.200. The molecule has 1 saturated heterocycles. The lowest BCUT2D eigenvalue weighted by atomic mass is 10.3. The van der Waals surface area contributed by atoms with Crippen molar-refractivity contribution in [2.75, 3.05) is 43.0 Å². The van der Waals surface area contributed by atoms with Gasteiger partial charge >= 0.3 is 0 Å². The topological polar surface area (TPSA) is 32.3 Å². The van der Waals surface area contributed by atoms with Gasteiger partial charge in [-0.2, -0.15) is 4.37 Å². The maximum absolute atomic E-state index is 4.22. The van der Waals surface area contributed by atoms with Crippen LogP contribution in [0.3, 0.4) is 0 Å². The molecule has 1 fully saturated rings. The smallest absolute Gasteiger partial charge is 0.205 e. The van der Waals surface area contributed by atoms with Gasteiger partial charge in [-0.15, -0.1) is 0 Å². The van der Waals surface area contributed by atoms with Crippen LogP contribution in [0.25, 0.3) is 0 Å². The first-order valence-electron chi connectivity index (χ1n) is 4.70. The molecule has 0 aromatic carbocycles. The minimum atomic E-state index is 1.06. The molecule has 0 radical (unpaired) electrons. The second kappa shape index (κ2) is 5.04. The molecule has 1 aliphatic rings. The van der Waals surface area contributed by atoms with Crippen molar-refractivity contribution < 1.29 is 0 Å². The summed E-state index contributed by atoms with van der Waals surface area (Å²) in [5.74, 6) is 0. The van der Waals surface area contributed by atoms with Crippen LogP contribution in [0.2, 0.25) is 0 Å². The van der Waals surface area contributed by atoms with E-state index in [1.807, 2.05) is 0 Å². The summed E-state index contributed by atoms with van der Waals surface area (Å²) >= 11 is 4.94. The van der Waals surface area contributed by atoms with E-state index in [1.165, 1.54) is 11.5 Å². The van der Waals surface area contributed by atoms with Crippen LogP contribution in [-0.2, 0) is 0 Å². The van der Waals surface area contributed by atoms with E-state index in [9.17, 15) is 0 Å². The molecule has 0 atom stereocenters. The Kier molecular flexibility index (Phi) is 3.72. The minimum absolute atomic E-state index is 1.06.